The van der Waals surface area contributed by atoms with Gasteiger partial charge in [0, 0.05) is 18.9 Å². The van der Waals surface area contributed by atoms with Crippen LogP contribution in [-0.4, -0.2) is 31.0 Å². The van der Waals surface area contributed by atoms with Gasteiger partial charge in [0.2, 0.25) is 0 Å². The molecule has 0 unspecified atom stereocenters. The lowest BCUT2D eigenvalue weighted by atomic mass is 9.97. The third kappa shape index (κ3) is 3.86. The van der Waals surface area contributed by atoms with Gasteiger partial charge in [-0.15, -0.1) is 0 Å². The minimum Gasteiger partial charge on any atom is -1.00 e. The van der Waals surface area contributed by atoms with E-state index in [0.717, 1.165) is 30.0 Å². The highest BCUT2D eigenvalue weighted by Crippen LogP contribution is 2.33. The first-order valence-electron chi connectivity index (χ1n) is 7.61. The molecule has 0 radical (unpaired) electrons. The highest BCUT2D eigenvalue weighted by atomic mass is 127. The van der Waals surface area contributed by atoms with Crippen LogP contribution in [-0.2, 0) is 13.0 Å². The van der Waals surface area contributed by atoms with E-state index >= 15 is 0 Å². The first-order valence-corrected chi connectivity index (χ1v) is 7.61. The van der Waals surface area contributed by atoms with Gasteiger partial charge in [0.15, 0.2) is 17.2 Å². The van der Waals surface area contributed by atoms with Crippen molar-refractivity contribution in [3.05, 3.63) is 59.2 Å². The van der Waals surface area contributed by atoms with Crippen LogP contribution >= 0.6 is 0 Å². The van der Waals surface area contributed by atoms with Gasteiger partial charge in [-0.3, -0.25) is 0 Å². The zero-order valence-electron chi connectivity index (χ0n) is 13.8. The van der Waals surface area contributed by atoms with Crippen LogP contribution < -0.4 is 33.5 Å². The Labute approximate surface area is 155 Å². The number of likely N-dealkylation sites (N-methyl/N-ethyl adjacent to an activating group) is 1. The molecule has 0 aliphatic carbocycles. The average molecular weight is 423 g/mol. The molecule has 0 aromatic heterocycles. The molecular weight excluding hydrogens is 401 g/mol. The van der Waals surface area contributed by atoms with E-state index in [-0.39, 0.29) is 24.0 Å². The van der Waals surface area contributed by atoms with E-state index in [1.807, 2.05) is 18.2 Å². The largest absolute Gasteiger partial charge is 1.00 e. The van der Waals surface area contributed by atoms with E-state index in [4.69, 9.17) is 9.47 Å². The van der Waals surface area contributed by atoms with E-state index in [0.29, 0.717) is 6.61 Å². The SMILES string of the molecule is COc1cc2c(cc1OCc1ccccc1)C(C)=[N+](C)CC2.[I-]. The molecule has 0 N–H and O–H groups in total. The van der Waals surface area contributed by atoms with E-state index in [1.165, 1.54) is 16.8 Å². The summed E-state index contributed by atoms with van der Waals surface area (Å²) in [6.45, 7) is 3.75. The highest BCUT2D eigenvalue weighted by molar-refractivity contribution is 5.97. The monoisotopic (exact) mass is 423 g/mol. The number of benzene rings is 2. The van der Waals surface area contributed by atoms with Gasteiger partial charge in [0.05, 0.1) is 7.11 Å². The molecule has 0 amide bonds. The Morgan fingerprint density at radius 2 is 1.83 bits per heavy atom. The minimum absolute atomic E-state index is 0. The van der Waals surface area contributed by atoms with E-state index in [2.05, 4.69) is 42.8 Å². The number of hydrogen-bond acceptors (Lipinski definition) is 2. The van der Waals surface area contributed by atoms with Crippen molar-refractivity contribution in [3.63, 3.8) is 0 Å². The third-order valence-corrected chi connectivity index (χ3v) is 4.31. The second-order valence-corrected chi connectivity index (χ2v) is 5.69. The lowest BCUT2D eigenvalue weighted by Crippen LogP contribution is -3.00. The maximum atomic E-state index is 6.01. The fraction of sp³-hybridized carbons (Fsp3) is 0.316. The number of nitrogens with zero attached hydrogens (tertiary/aromatic N) is 1. The van der Waals surface area contributed by atoms with Crippen molar-refractivity contribution in [2.75, 3.05) is 20.7 Å². The molecule has 23 heavy (non-hydrogen) atoms. The fourth-order valence-electron chi connectivity index (χ4n) is 2.81. The Morgan fingerprint density at radius 1 is 1.09 bits per heavy atom. The summed E-state index contributed by atoms with van der Waals surface area (Å²) < 4.78 is 13.8. The number of fused-ring (bicyclic) bond motifs is 1. The van der Waals surface area contributed by atoms with E-state index < -0.39 is 0 Å². The van der Waals surface area contributed by atoms with Crippen molar-refractivity contribution in [2.45, 2.75) is 20.0 Å². The number of rotatable bonds is 4. The molecule has 4 heteroatoms. The molecule has 2 aromatic carbocycles. The van der Waals surface area contributed by atoms with Gasteiger partial charge < -0.3 is 33.5 Å². The second-order valence-electron chi connectivity index (χ2n) is 5.69. The maximum Gasteiger partial charge on any atom is 0.180 e. The standard InChI is InChI=1S/C19H22NO2.HI/c1-14-17-12-19(22-13-15-7-5-4-6-8-15)18(21-3)11-16(17)9-10-20(14)2;/h4-8,11-12H,9-10,13H2,1-3H3;1H/q+1;/p-1. The van der Waals surface area contributed by atoms with Gasteiger partial charge in [-0.05, 0) is 23.3 Å². The van der Waals surface area contributed by atoms with Crippen LogP contribution in [0.2, 0.25) is 0 Å². The Bertz CT molecular complexity index is 711. The summed E-state index contributed by atoms with van der Waals surface area (Å²) in [6.07, 6.45) is 1.04. The van der Waals surface area contributed by atoms with Gasteiger partial charge >= 0.3 is 0 Å². The van der Waals surface area contributed by atoms with Gasteiger partial charge in [0.25, 0.3) is 0 Å². The van der Waals surface area contributed by atoms with Crippen LogP contribution in [0.3, 0.4) is 0 Å². The average Bonchev–Trinajstić information content (AvgIpc) is 2.57. The number of methoxy groups -OCH3 is 1. The Kier molecular flexibility index (Phi) is 6.04. The molecule has 0 spiro atoms. The quantitative estimate of drug-likeness (QED) is 0.521. The molecule has 122 valence electrons. The molecule has 1 aliphatic heterocycles. The summed E-state index contributed by atoms with van der Waals surface area (Å²) in [4.78, 5) is 0. The molecular formula is C19H22INO2. The summed E-state index contributed by atoms with van der Waals surface area (Å²) in [7, 11) is 3.83. The van der Waals surface area contributed by atoms with Crippen molar-refractivity contribution in [2.24, 2.45) is 0 Å². The topological polar surface area (TPSA) is 21.5 Å². The van der Waals surface area contributed by atoms with Gasteiger partial charge in [-0.2, -0.15) is 0 Å². The molecule has 3 rings (SSSR count). The van der Waals surface area contributed by atoms with Crippen molar-refractivity contribution >= 4 is 5.71 Å². The van der Waals surface area contributed by atoms with Gasteiger partial charge in [-0.1, -0.05) is 30.3 Å². The summed E-state index contributed by atoms with van der Waals surface area (Å²) >= 11 is 0. The minimum atomic E-state index is 0. The summed E-state index contributed by atoms with van der Waals surface area (Å²) in [5.41, 5.74) is 5.03. The van der Waals surface area contributed by atoms with Crippen LogP contribution in [0.4, 0.5) is 0 Å². The molecule has 2 aromatic rings. The molecule has 0 saturated carbocycles. The third-order valence-electron chi connectivity index (χ3n) is 4.31. The molecule has 0 atom stereocenters. The zero-order chi connectivity index (χ0) is 15.5. The molecule has 1 aliphatic rings. The highest BCUT2D eigenvalue weighted by Gasteiger charge is 2.22. The molecule has 0 saturated heterocycles. The molecule has 3 nitrogen and oxygen atoms in total. The Morgan fingerprint density at radius 3 is 2.52 bits per heavy atom. The lowest BCUT2D eigenvalue weighted by molar-refractivity contribution is -0.498. The van der Waals surface area contributed by atoms with Crippen molar-refractivity contribution in [3.8, 4) is 11.5 Å². The number of hydrogen-bond donors (Lipinski definition) is 0. The molecule has 1 heterocycles. The summed E-state index contributed by atoms with van der Waals surface area (Å²) in [5, 5.41) is 0. The normalized spacial score (nSPS) is 13.2. The number of halogens is 1. The fourth-order valence-corrected chi connectivity index (χ4v) is 2.81. The Balaban J connectivity index is 0.00000192. The van der Waals surface area contributed by atoms with Crippen molar-refractivity contribution in [1.82, 2.24) is 0 Å². The van der Waals surface area contributed by atoms with Crippen molar-refractivity contribution < 1.29 is 38.0 Å². The zero-order valence-corrected chi connectivity index (χ0v) is 16.0. The van der Waals surface area contributed by atoms with Crippen LogP contribution in [0.5, 0.6) is 11.5 Å². The molecule has 0 fully saturated rings. The van der Waals surface area contributed by atoms with Crippen molar-refractivity contribution in [1.29, 1.82) is 0 Å². The first kappa shape index (κ1) is 17.8. The second kappa shape index (κ2) is 7.81. The van der Waals surface area contributed by atoms with Crippen LogP contribution in [0, 0.1) is 0 Å². The van der Waals surface area contributed by atoms with Gasteiger partial charge in [0.1, 0.15) is 20.2 Å². The van der Waals surface area contributed by atoms with Crippen LogP contribution in [0.15, 0.2) is 42.5 Å². The van der Waals surface area contributed by atoms with Crippen LogP contribution in [0.1, 0.15) is 23.6 Å². The first-order chi connectivity index (χ1) is 10.7. The predicted molar refractivity (Wildman–Crippen MR) is 88.3 cm³/mol. The Hall–Kier alpha value is -1.56. The van der Waals surface area contributed by atoms with E-state index in [9.17, 15) is 0 Å². The molecule has 0 bridgehead atoms. The predicted octanol–water partition coefficient (Wildman–Crippen LogP) is 0.286. The lowest BCUT2D eigenvalue weighted by Gasteiger charge is -2.18. The maximum absolute atomic E-state index is 6.01. The number of ether oxygens (including phenoxy) is 2. The summed E-state index contributed by atoms with van der Waals surface area (Å²) in [6, 6.07) is 14.4. The van der Waals surface area contributed by atoms with Crippen LogP contribution in [0.25, 0.3) is 0 Å². The van der Waals surface area contributed by atoms with Gasteiger partial charge in [-0.25, -0.2) is 4.58 Å². The summed E-state index contributed by atoms with van der Waals surface area (Å²) in [5.74, 6) is 1.62. The smallest absolute Gasteiger partial charge is 0.180 e. The van der Waals surface area contributed by atoms with E-state index in [1.54, 1.807) is 7.11 Å².